The number of benzene rings is 1. The number of aromatic hydroxyl groups is 1. The predicted octanol–water partition coefficient (Wildman–Crippen LogP) is 2.82. The van der Waals surface area contributed by atoms with E-state index in [0.717, 1.165) is 5.75 Å². The number of phenolic OH excluding ortho intramolecular Hbond substituents is 1. The second-order valence-corrected chi connectivity index (χ2v) is 6.35. The highest BCUT2D eigenvalue weighted by atomic mass is 32.2. The second-order valence-electron chi connectivity index (χ2n) is 4.02. The monoisotopic (exact) mass is 221 g/mol. The van der Waals surface area contributed by atoms with Crippen LogP contribution in [0.3, 0.4) is 0 Å². The fourth-order valence-corrected chi connectivity index (χ4v) is 4.26. The average Bonchev–Trinajstić information content (AvgIpc) is 2.71. The number of hydrogen-bond acceptors (Lipinski definition) is 1. The standard InChI is InChI=1S/C13H16OS/c1-11(10-15-8-2-3-9-15)12-4-6-13(14)7-5-12/h4-7H,1-3,8-10H2/p+1. The summed E-state index contributed by atoms with van der Waals surface area (Å²) in [5, 5.41) is 9.19. The molecule has 0 saturated carbocycles. The molecule has 2 heteroatoms. The molecule has 0 atom stereocenters. The molecule has 80 valence electrons. The minimum atomic E-state index is 0.329. The van der Waals surface area contributed by atoms with Crippen molar-refractivity contribution in [1.29, 1.82) is 0 Å². The van der Waals surface area contributed by atoms with Crippen molar-refractivity contribution in [2.75, 3.05) is 17.3 Å². The van der Waals surface area contributed by atoms with Gasteiger partial charge in [-0.2, -0.15) is 0 Å². The van der Waals surface area contributed by atoms with Crippen LogP contribution in [0.15, 0.2) is 30.8 Å². The highest BCUT2D eigenvalue weighted by Crippen LogP contribution is 2.22. The van der Waals surface area contributed by atoms with E-state index >= 15 is 0 Å². The average molecular weight is 221 g/mol. The predicted molar refractivity (Wildman–Crippen MR) is 68.3 cm³/mol. The Hall–Kier alpha value is -0.890. The van der Waals surface area contributed by atoms with Gasteiger partial charge < -0.3 is 5.11 Å². The highest BCUT2D eigenvalue weighted by Gasteiger charge is 2.24. The van der Waals surface area contributed by atoms with Gasteiger partial charge in [0, 0.05) is 5.57 Å². The van der Waals surface area contributed by atoms with E-state index in [2.05, 4.69) is 6.58 Å². The quantitative estimate of drug-likeness (QED) is 0.778. The molecule has 1 fully saturated rings. The lowest BCUT2D eigenvalue weighted by atomic mass is 10.1. The normalized spacial score (nSPS) is 16.8. The first-order valence-electron chi connectivity index (χ1n) is 5.37. The Morgan fingerprint density at radius 3 is 2.40 bits per heavy atom. The maximum Gasteiger partial charge on any atom is 0.133 e. The Kier molecular flexibility index (Phi) is 3.37. The Bertz CT molecular complexity index is 336. The van der Waals surface area contributed by atoms with Crippen LogP contribution in [0.25, 0.3) is 5.57 Å². The molecular weight excluding hydrogens is 204 g/mol. The van der Waals surface area contributed by atoms with E-state index in [1.807, 2.05) is 12.1 Å². The van der Waals surface area contributed by atoms with E-state index in [1.54, 1.807) is 12.1 Å². The molecule has 0 bridgehead atoms. The second kappa shape index (κ2) is 4.75. The lowest BCUT2D eigenvalue weighted by Gasteiger charge is -2.05. The third kappa shape index (κ3) is 2.78. The maximum atomic E-state index is 9.19. The van der Waals surface area contributed by atoms with E-state index in [0.29, 0.717) is 16.6 Å². The molecule has 1 aromatic carbocycles. The molecule has 1 saturated heterocycles. The molecule has 1 heterocycles. The van der Waals surface area contributed by atoms with Crippen LogP contribution in [0.2, 0.25) is 0 Å². The van der Waals surface area contributed by atoms with Gasteiger partial charge in [-0.3, -0.25) is 0 Å². The molecule has 1 aliphatic heterocycles. The lowest BCUT2D eigenvalue weighted by Crippen LogP contribution is -2.09. The van der Waals surface area contributed by atoms with E-state index in [1.165, 1.54) is 35.5 Å². The van der Waals surface area contributed by atoms with Crippen LogP contribution in [-0.4, -0.2) is 22.4 Å². The van der Waals surface area contributed by atoms with Crippen LogP contribution in [0.4, 0.5) is 0 Å². The van der Waals surface area contributed by atoms with Crippen molar-refractivity contribution < 1.29 is 5.11 Å². The summed E-state index contributed by atoms with van der Waals surface area (Å²) in [5.74, 6) is 4.24. The summed E-state index contributed by atoms with van der Waals surface area (Å²) in [6, 6.07) is 7.38. The number of rotatable bonds is 3. The summed E-state index contributed by atoms with van der Waals surface area (Å²) >= 11 is 0. The first-order valence-corrected chi connectivity index (χ1v) is 7.10. The Labute approximate surface area is 94.2 Å². The van der Waals surface area contributed by atoms with Crippen molar-refractivity contribution in [3.8, 4) is 5.75 Å². The van der Waals surface area contributed by atoms with Crippen molar-refractivity contribution in [1.82, 2.24) is 0 Å². The third-order valence-corrected chi connectivity index (χ3v) is 5.26. The summed E-state index contributed by atoms with van der Waals surface area (Å²) in [5.41, 5.74) is 2.40. The first kappa shape index (κ1) is 10.6. The smallest absolute Gasteiger partial charge is 0.133 e. The van der Waals surface area contributed by atoms with Crippen molar-refractivity contribution >= 4 is 16.5 Å². The lowest BCUT2D eigenvalue weighted by molar-refractivity contribution is 0.475. The van der Waals surface area contributed by atoms with E-state index in [4.69, 9.17) is 0 Å². The summed E-state index contributed by atoms with van der Waals surface area (Å²) in [6.07, 6.45) is 2.79. The third-order valence-electron chi connectivity index (χ3n) is 2.77. The van der Waals surface area contributed by atoms with Crippen LogP contribution in [-0.2, 0) is 10.9 Å². The minimum Gasteiger partial charge on any atom is -0.508 e. The minimum absolute atomic E-state index is 0.329. The highest BCUT2D eigenvalue weighted by molar-refractivity contribution is 7.97. The zero-order valence-electron chi connectivity index (χ0n) is 8.91. The fourth-order valence-electron chi connectivity index (χ4n) is 1.89. The fraction of sp³-hybridized carbons (Fsp3) is 0.385. The maximum absolute atomic E-state index is 9.19. The van der Waals surface area contributed by atoms with Crippen LogP contribution in [0.5, 0.6) is 5.75 Å². The molecule has 0 amide bonds. The van der Waals surface area contributed by atoms with E-state index in [9.17, 15) is 5.11 Å². The molecule has 0 aromatic heterocycles. The molecule has 1 aromatic rings. The van der Waals surface area contributed by atoms with Gasteiger partial charge in [-0.1, -0.05) is 18.7 Å². The number of hydrogen-bond donors (Lipinski definition) is 1. The molecule has 1 aliphatic rings. The van der Waals surface area contributed by atoms with Gasteiger partial charge in [-0.05, 0) is 41.4 Å². The Morgan fingerprint density at radius 1 is 1.20 bits per heavy atom. The molecule has 1 N–H and O–H groups in total. The molecular formula is C13H17OS+. The summed E-state index contributed by atoms with van der Waals surface area (Å²) in [6.45, 7) is 4.14. The molecule has 1 nitrogen and oxygen atoms in total. The zero-order chi connectivity index (χ0) is 10.7. The largest absolute Gasteiger partial charge is 0.508 e. The van der Waals surface area contributed by atoms with Gasteiger partial charge in [0.15, 0.2) is 0 Å². The van der Waals surface area contributed by atoms with Crippen LogP contribution >= 0.6 is 0 Å². The van der Waals surface area contributed by atoms with Gasteiger partial charge in [-0.15, -0.1) is 0 Å². The summed E-state index contributed by atoms with van der Waals surface area (Å²) < 4.78 is 0. The van der Waals surface area contributed by atoms with Gasteiger partial charge in [0.1, 0.15) is 23.0 Å². The van der Waals surface area contributed by atoms with Gasteiger partial charge in [-0.25, -0.2) is 0 Å². The first-order chi connectivity index (χ1) is 7.25. The molecule has 0 spiro atoms. The summed E-state index contributed by atoms with van der Waals surface area (Å²) in [7, 11) is 0.575. The van der Waals surface area contributed by atoms with Crippen LogP contribution in [0, 0.1) is 0 Å². The molecule has 0 aliphatic carbocycles. The molecule has 0 radical (unpaired) electrons. The SMILES string of the molecule is C=C(C[S+]1CCCC1)c1ccc(O)cc1. The van der Waals surface area contributed by atoms with E-state index < -0.39 is 0 Å². The summed E-state index contributed by atoms with van der Waals surface area (Å²) in [4.78, 5) is 0. The van der Waals surface area contributed by atoms with Crippen LogP contribution < -0.4 is 0 Å². The van der Waals surface area contributed by atoms with Gasteiger partial charge in [0.25, 0.3) is 0 Å². The topological polar surface area (TPSA) is 20.2 Å². The molecule has 0 unspecified atom stereocenters. The molecule has 2 rings (SSSR count). The van der Waals surface area contributed by atoms with Crippen molar-refractivity contribution in [2.45, 2.75) is 12.8 Å². The molecule has 15 heavy (non-hydrogen) atoms. The zero-order valence-corrected chi connectivity index (χ0v) is 9.72. The van der Waals surface area contributed by atoms with Crippen LogP contribution in [0.1, 0.15) is 18.4 Å². The number of phenols is 1. The van der Waals surface area contributed by atoms with Gasteiger partial charge in [0.2, 0.25) is 0 Å². The van der Waals surface area contributed by atoms with E-state index in [-0.39, 0.29) is 0 Å². The van der Waals surface area contributed by atoms with Gasteiger partial charge in [0.05, 0.1) is 0 Å². The van der Waals surface area contributed by atoms with Crippen molar-refractivity contribution in [3.63, 3.8) is 0 Å². The van der Waals surface area contributed by atoms with Crippen molar-refractivity contribution in [2.24, 2.45) is 0 Å². The van der Waals surface area contributed by atoms with Crippen molar-refractivity contribution in [3.05, 3.63) is 36.4 Å². The van der Waals surface area contributed by atoms with Gasteiger partial charge >= 0.3 is 0 Å². The Balaban J connectivity index is 1.98. The Morgan fingerprint density at radius 2 is 1.80 bits per heavy atom.